The number of nitrogens with zero attached hydrogens (tertiary/aromatic N) is 2. The summed E-state index contributed by atoms with van der Waals surface area (Å²) in [4.78, 5) is 0. The lowest BCUT2D eigenvalue weighted by atomic mass is 10.1. The average Bonchev–Trinajstić information content (AvgIpc) is 2.67. The van der Waals surface area contributed by atoms with E-state index >= 15 is 0 Å². The van der Waals surface area contributed by atoms with Gasteiger partial charge in [-0.25, -0.2) is 0 Å². The Hall–Kier alpha value is -0.480. The summed E-state index contributed by atoms with van der Waals surface area (Å²) in [5.74, 6) is 2.45. The van der Waals surface area contributed by atoms with Gasteiger partial charge in [0.25, 0.3) is 0 Å². The number of thioether (sulfide) groups is 1. The first-order chi connectivity index (χ1) is 9.20. The quantitative estimate of drug-likeness (QED) is 0.669. The van der Waals surface area contributed by atoms with E-state index in [1.807, 2.05) is 11.8 Å². The van der Waals surface area contributed by atoms with Crippen molar-refractivity contribution in [3.8, 4) is 0 Å². The molecule has 0 bridgehead atoms. The third-order valence-corrected chi connectivity index (χ3v) is 4.36. The Labute approximate surface area is 122 Å². The minimum atomic E-state index is 1.06. The van der Waals surface area contributed by atoms with Gasteiger partial charge in [0.2, 0.25) is 0 Å². The predicted octanol–water partition coefficient (Wildman–Crippen LogP) is 3.19. The van der Waals surface area contributed by atoms with Gasteiger partial charge in [-0.05, 0) is 63.3 Å². The van der Waals surface area contributed by atoms with Gasteiger partial charge in [0.15, 0.2) is 0 Å². The van der Waals surface area contributed by atoms with Gasteiger partial charge in [-0.15, -0.1) is 0 Å². The monoisotopic (exact) mass is 283 g/mol. The van der Waals surface area contributed by atoms with Gasteiger partial charge in [0.1, 0.15) is 0 Å². The summed E-state index contributed by atoms with van der Waals surface area (Å²) in [7, 11) is 0. The molecule has 0 atom stereocenters. The standard InChI is InChI=1S/C15H29N3S/c1-5-9-16-10-8-15-13(3)17-18(14(15)4)11-7-12-19-6-2/h16H,5-12H2,1-4H3. The highest BCUT2D eigenvalue weighted by Crippen LogP contribution is 2.14. The Bertz CT molecular complexity index is 361. The second-order valence-corrected chi connectivity index (χ2v) is 6.32. The van der Waals surface area contributed by atoms with Gasteiger partial charge in [-0.1, -0.05) is 13.8 Å². The Balaban J connectivity index is 2.46. The molecule has 4 heteroatoms. The molecule has 0 amide bonds. The third-order valence-electron chi connectivity index (χ3n) is 3.37. The Morgan fingerprint density at radius 1 is 1.21 bits per heavy atom. The molecule has 0 fully saturated rings. The second-order valence-electron chi connectivity index (χ2n) is 4.92. The largest absolute Gasteiger partial charge is 0.316 e. The molecule has 0 spiro atoms. The van der Waals surface area contributed by atoms with E-state index in [2.05, 4.69) is 42.8 Å². The van der Waals surface area contributed by atoms with Crippen molar-refractivity contribution in [3.63, 3.8) is 0 Å². The first-order valence-electron chi connectivity index (χ1n) is 7.52. The third kappa shape index (κ3) is 5.57. The minimum absolute atomic E-state index is 1.06. The van der Waals surface area contributed by atoms with Gasteiger partial charge >= 0.3 is 0 Å². The zero-order valence-electron chi connectivity index (χ0n) is 13.0. The lowest BCUT2D eigenvalue weighted by molar-refractivity contribution is 0.585. The summed E-state index contributed by atoms with van der Waals surface area (Å²) in [6.45, 7) is 12.0. The molecule has 1 rings (SSSR count). The molecule has 110 valence electrons. The van der Waals surface area contributed by atoms with Gasteiger partial charge in [0.05, 0.1) is 5.69 Å². The van der Waals surface area contributed by atoms with Crippen molar-refractivity contribution in [1.82, 2.24) is 15.1 Å². The molecule has 0 aliphatic rings. The van der Waals surface area contributed by atoms with Crippen LogP contribution in [0.1, 0.15) is 43.6 Å². The van der Waals surface area contributed by atoms with Crippen LogP contribution in [-0.2, 0) is 13.0 Å². The van der Waals surface area contributed by atoms with Crippen LogP contribution in [0.2, 0.25) is 0 Å². The van der Waals surface area contributed by atoms with E-state index in [1.165, 1.54) is 41.3 Å². The van der Waals surface area contributed by atoms with Crippen molar-refractivity contribution in [1.29, 1.82) is 0 Å². The number of hydrogen-bond donors (Lipinski definition) is 1. The Kier molecular flexibility index (Phi) is 8.22. The molecule has 0 saturated carbocycles. The average molecular weight is 283 g/mol. The van der Waals surface area contributed by atoms with Crippen LogP contribution in [-0.4, -0.2) is 34.4 Å². The van der Waals surface area contributed by atoms with Crippen molar-refractivity contribution >= 4 is 11.8 Å². The lowest BCUT2D eigenvalue weighted by Crippen LogP contribution is -2.18. The van der Waals surface area contributed by atoms with Crippen molar-refractivity contribution in [2.24, 2.45) is 0 Å². The lowest BCUT2D eigenvalue weighted by Gasteiger charge is -2.06. The molecule has 3 nitrogen and oxygen atoms in total. The minimum Gasteiger partial charge on any atom is -0.316 e. The Morgan fingerprint density at radius 3 is 2.68 bits per heavy atom. The maximum atomic E-state index is 4.69. The number of hydrogen-bond acceptors (Lipinski definition) is 3. The molecule has 0 saturated heterocycles. The highest BCUT2D eigenvalue weighted by Gasteiger charge is 2.10. The summed E-state index contributed by atoms with van der Waals surface area (Å²) in [5, 5.41) is 8.15. The zero-order valence-corrected chi connectivity index (χ0v) is 13.8. The number of nitrogens with one attached hydrogen (secondary N) is 1. The summed E-state index contributed by atoms with van der Waals surface area (Å²) in [6.07, 6.45) is 3.52. The maximum Gasteiger partial charge on any atom is 0.0628 e. The van der Waals surface area contributed by atoms with Crippen LogP contribution in [0.25, 0.3) is 0 Å². The Morgan fingerprint density at radius 2 is 2.00 bits per heavy atom. The topological polar surface area (TPSA) is 29.9 Å². The van der Waals surface area contributed by atoms with Gasteiger partial charge in [-0.2, -0.15) is 16.9 Å². The fourth-order valence-corrected chi connectivity index (χ4v) is 2.91. The molecule has 1 aromatic rings. The van der Waals surface area contributed by atoms with E-state index in [0.29, 0.717) is 0 Å². The van der Waals surface area contributed by atoms with Gasteiger partial charge in [-0.3, -0.25) is 4.68 Å². The molecule has 1 aromatic heterocycles. The highest BCUT2D eigenvalue weighted by molar-refractivity contribution is 7.99. The normalized spacial score (nSPS) is 11.2. The van der Waals surface area contributed by atoms with Crippen LogP contribution in [0, 0.1) is 13.8 Å². The van der Waals surface area contributed by atoms with Crippen molar-refractivity contribution < 1.29 is 0 Å². The molecular weight excluding hydrogens is 254 g/mol. The molecule has 0 aliphatic carbocycles. The van der Waals surface area contributed by atoms with E-state index in [-0.39, 0.29) is 0 Å². The van der Waals surface area contributed by atoms with E-state index in [0.717, 1.165) is 26.1 Å². The summed E-state index contributed by atoms with van der Waals surface area (Å²) >= 11 is 2.01. The van der Waals surface area contributed by atoms with Gasteiger partial charge < -0.3 is 5.32 Å². The van der Waals surface area contributed by atoms with Crippen molar-refractivity contribution in [2.45, 2.75) is 53.5 Å². The number of aromatic nitrogens is 2. The fourth-order valence-electron chi connectivity index (χ4n) is 2.29. The molecule has 19 heavy (non-hydrogen) atoms. The summed E-state index contributed by atoms with van der Waals surface area (Å²) in [6, 6.07) is 0. The highest BCUT2D eigenvalue weighted by atomic mass is 32.2. The maximum absolute atomic E-state index is 4.69. The van der Waals surface area contributed by atoms with E-state index in [9.17, 15) is 0 Å². The second kappa shape index (κ2) is 9.43. The van der Waals surface area contributed by atoms with E-state index in [4.69, 9.17) is 0 Å². The van der Waals surface area contributed by atoms with Crippen LogP contribution < -0.4 is 5.32 Å². The van der Waals surface area contributed by atoms with Crippen LogP contribution in [0.5, 0.6) is 0 Å². The van der Waals surface area contributed by atoms with Crippen LogP contribution in [0.4, 0.5) is 0 Å². The molecule has 0 aromatic carbocycles. The smallest absolute Gasteiger partial charge is 0.0628 e. The molecule has 0 unspecified atom stereocenters. The molecular formula is C15H29N3S. The van der Waals surface area contributed by atoms with E-state index in [1.54, 1.807) is 0 Å². The number of rotatable bonds is 10. The van der Waals surface area contributed by atoms with E-state index < -0.39 is 0 Å². The number of aryl methyl sites for hydroxylation is 2. The summed E-state index contributed by atoms with van der Waals surface area (Å²) < 4.78 is 2.20. The fraction of sp³-hybridized carbons (Fsp3) is 0.800. The first-order valence-corrected chi connectivity index (χ1v) is 8.67. The molecule has 0 radical (unpaired) electrons. The molecule has 0 aliphatic heterocycles. The molecule has 1 N–H and O–H groups in total. The van der Waals surface area contributed by atoms with Crippen molar-refractivity contribution in [2.75, 3.05) is 24.6 Å². The molecule has 1 heterocycles. The van der Waals surface area contributed by atoms with Crippen LogP contribution in [0.3, 0.4) is 0 Å². The SMILES string of the molecule is CCCNCCc1c(C)nn(CCCSCC)c1C. The van der Waals surface area contributed by atoms with Gasteiger partial charge in [0, 0.05) is 12.2 Å². The van der Waals surface area contributed by atoms with Crippen LogP contribution in [0.15, 0.2) is 0 Å². The summed E-state index contributed by atoms with van der Waals surface area (Å²) in [5.41, 5.74) is 4.00. The zero-order chi connectivity index (χ0) is 14.1. The predicted molar refractivity (Wildman–Crippen MR) is 86.2 cm³/mol. The first kappa shape index (κ1) is 16.6. The van der Waals surface area contributed by atoms with Crippen molar-refractivity contribution in [3.05, 3.63) is 17.0 Å². The van der Waals surface area contributed by atoms with Crippen LogP contribution >= 0.6 is 11.8 Å².